The van der Waals surface area contributed by atoms with Crippen molar-refractivity contribution in [3.05, 3.63) is 152 Å². The molecule has 10 heteroatoms. The zero-order chi connectivity index (χ0) is 31.8. The van der Waals surface area contributed by atoms with Gasteiger partial charge in [-0.05, 0) is 54.2 Å². The Balaban J connectivity index is 0.000000170. The van der Waals surface area contributed by atoms with Crippen LogP contribution in [0.2, 0.25) is 0 Å². The molecule has 0 aliphatic heterocycles. The van der Waals surface area contributed by atoms with Crippen molar-refractivity contribution in [2.45, 2.75) is 0 Å². The van der Waals surface area contributed by atoms with E-state index in [4.69, 9.17) is 9.47 Å². The molecule has 0 amide bonds. The van der Waals surface area contributed by atoms with Crippen LogP contribution in [0.4, 0.5) is 0 Å². The number of fused-ring (bicyclic) bond motifs is 1. The third-order valence-corrected chi connectivity index (χ3v) is 6.27. The van der Waals surface area contributed by atoms with Crippen molar-refractivity contribution in [1.29, 1.82) is 0 Å². The van der Waals surface area contributed by atoms with E-state index in [1.54, 1.807) is 36.8 Å². The van der Waals surface area contributed by atoms with Crippen LogP contribution < -0.4 is 9.47 Å². The standard InChI is InChI=1S/C16H10N2O4.C11H8N.C10H8N2.Ru/c19-9-21-11-5-6-17-14(7-11)15-8-16(22-10-20)12-3-1-2-4-13(12)18-15;1-2-6-10(7-3-1)11-8-4-5-9-12-11;1-3-7-11-9(5-1)10-6-2-4-8-12-10;/h1-10H;1-6,8-9H;1-8H;/q;-1;;+1. The minimum absolute atomic E-state index is 0. The van der Waals surface area contributed by atoms with Crippen molar-refractivity contribution in [2.24, 2.45) is 0 Å². The minimum Gasteiger partial charge on any atom is -0.429 e. The quantitative estimate of drug-likeness (QED) is 0.0977. The zero-order valence-electron chi connectivity index (χ0n) is 24.7. The zero-order valence-corrected chi connectivity index (χ0v) is 26.5. The van der Waals surface area contributed by atoms with Crippen LogP contribution in [0.3, 0.4) is 0 Å². The van der Waals surface area contributed by atoms with Gasteiger partial charge < -0.3 is 14.5 Å². The Kier molecular flexibility index (Phi) is 13.1. The maximum atomic E-state index is 10.7. The summed E-state index contributed by atoms with van der Waals surface area (Å²) in [6, 6.07) is 40.4. The van der Waals surface area contributed by atoms with Gasteiger partial charge in [0, 0.05) is 42.3 Å². The van der Waals surface area contributed by atoms with Crippen molar-refractivity contribution in [3.8, 4) is 45.5 Å². The first-order chi connectivity index (χ1) is 22.7. The Bertz CT molecular complexity index is 1840. The SMILES string of the molecule is O=COc1ccnc(-c2cc(OC=O)c3ccccc3n2)c1.[Ru+].[c-]1ccccc1-c1ccccn1.c1ccc(-c2ccccn2)nc1. The Hall–Kier alpha value is -5.99. The number of pyridine rings is 5. The number of aromatic nitrogens is 5. The van der Waals surface area contributed by atoms with Crippen molar-refractivity contribution < 1.29 is 38.5 Å². The van der Waals surface area contributed by atoms with Crippen LogP contribution in [-0.2, 0) is 29.1 Å². The average Bonchev–Trinajstić information content (AvgIpc) is 3.14. The van der Waals surface area contributed by atoms with Gasteiger partial charge in [0.05, 0.1) is 28.3 Å². The number of carbonyl (C=O) groups excluding carboxylic acids is 2. The predicted molar refractivity (Wildman–Crippen MR) is 174 cm³/mol. The van der Waals surface area contributed by atoms with Crippen LogP contribution in [0.5, 0.6) is 11.5 Å². The Morgan fingerprint density at radius 3 is 1.72 bits per heavy atom. The molecular formula is C37H26N5O4Ru. The minimum atomic E-state index is 0. The van der Waals surface area contributed by atoms with E-state index in [2.05, 4.69) is 31.0 Å². The summed E-state index contributed by atoms with van der Waals surface area (Å²) in [6.45, 7) is 0.707. The van der Waals surface area contributed by atoms with Gasteiger partial charge in [0.2, 0.25) is 0 Å². The van der Waals surface area contributed by atoms with Crippen molar-refractivity contribution in [3.63, 3.8) is 0 Å². The second-order valence-corrected chi connectivity index (χ2v) is 9.25. The molecule has 0 atom stereocenters. The maximum Gasteiger partial charge on any atom is 1.00 e. The molecule has 1 radical (unpaired) electrons. The molecule has 0 aliphatic carbocycles. The number of carbonyl (C=O) groups is 2. The molecule has 7 aromatic rings. The smallest absolute Gasteiger partial charge is 0.429 e. The van der Waals surface area contributed by atoms with E-state index in [9.17, 15) is 9.59 Å². The molecule has 0 N–H and O–H groups in total. The number of benzene rings is 2. The molecule has 0 spiro atoms. The Morgan fingerprint density at radius 1 is 0.532 bits per heavy atom. The van der Waals surface area contributed by atoms with E-state index < -0.39 is 0 Å². The normalized spacial score (nSPS) is 9.70. The van der Waals surface area contributed by atoms with E-state index in [-0.39, 0.29) is 19.5 Å². The molecule has 0 bridgehead atoms. The summed E-state index contributed by atoms with van der Waals surface area (Å²) in [7, 11) is 0. The average molecular weight is 706 g/mol. The van der Waals surface area contributed by atoms with Gasteiger partial charge >= 0.3 is 19.5 Å². The predicted octanol–water partition coefficient (Wildman–Crippen LogP) is 7.06. The van der Waals surface area contributed by atoms with Gasteiger partial charge in [0.25, 0.3) is 12.9 Å². The summed E-state index contributed by atoms with van der Waals surface area (Å²) < 4.78 is 9.82. The third-order valence-electron chi connectivity index (χ3n) is 6.27. The Labute approximate surface area is 284 Å². The topological polar surface area (TPSA) is 117 Å². The second kappa shape index (κ2) is 18.1. The number of nitrogens with zero attached hydrogens (tertiary/aromatic N) is 5. The summed E-state index contributed by atoms with van der Waals surface area (Å²) in [4.78, 5) is 42.4. The molecule has 0 saturated carbocycles. The van der Waals surface area contributed by atoms with Gasteiger partial charge in [0.1, 0.15) is 11.5 Å². The van der Waals surface area contributed by atoms with Crippen molar-refractivity contribution in [1.82, 2.24) is 24.9 Å². The molecule has 47 heavy (non-hydrogen) atoms. The molecule has 0 fully saturated rings. The van der Waals surface area contributed by atoms with Gasteiger partial charge in [-0.2, -0.15) is 0 Å². The molecule has 7 rings (SSSR count). The van der Waals surface area contributed by atoms with Gasteiger partial charge in [0.15, 0.2) is 0 Å². The fourth-order valence-corrected chi connectivity index (χ4v) is 4.21. The van der Waals surface area contributed by atoms with Crippen LogP contribution in [0.15, 0.2) is 146 Å². The molecule has 0 aliphatic rings. The summed E-state index contributed by atoms with van der Waals surface area (Å²) in [5.41, 5.74) is 5.51. The third kappa shape index (κ3) is 9.75. The van der Waals surface area contributed by atoms with Gasteiger partial charge in [-0.3, -0.25) is 24.5 Å². The van der Waals surface area contributed by atoms with Gasteiger partial charge in [-0.15, -0.1) is 35.9 Å². The maximum absolute atomic E-state index is 10.7. The summed E-state index contributed by atoms with van der Waals surface area (Å²) >= 11 is 0. The van der Waals surface area contributed by atoms with Crippen LogP contribution in [0, 0.1) is 6.07 Å². The van der Waals surface area contributed by atoms with Crippen LogP contribution >= 0.6 is 0 Å². The summed E-state index contributed by atoms with van der Waals surface area (Å²) in [5.74, 6) is 0.743. The molecule has 231 valence electrons. The van der Waals surface area contributed by atoms with E-state index in [1.807, 2.05) is 103 Å². The fourth-order valence-electron chi connectivity index (χ4n) is 4.21. The van der Waals surface area contributed by atoms with Crippen LogP contribution in [0.1, 0.15) is 0 Å². The van der Waals surface area contributed by atoms with Gasteiger partial charge in [-0.25, -0.2) is 4.98 Å². The first-order valence-electron chi connectivity index (χ1n) is 14.0. The summed E-state index contributed by atoms with van der Waals surface area (Å²) in [5, 5.41) is 0.721. The first-order valence-corrected chi connectivity index (χ1v) is 14.0. The molecule has 5 heterocycles. The number of hydrogen-bond acceptors (Lipinski definition) is 9. The van der Waals surface area contributed by atoms with Crippen LogP contribution in [-0.4, -0.2) is 37.9 Å². The monoisotopic (exact) mass is 706 g/mol. The summed E-state index contributed by atoms with van der Waals surface area (Å²) in [6.07, 6.45) is 6.83. The van der Waals surface area contributed by atoms with E-state index in [0.29, 0.717) is 41.3 Å². The molecule has 2 aromatic carbocycles. The molecule has 9 nitrogen and oxygen atoms in total. The van der Waals surface area contributed by atoms with Crippen molar-refractivity contribution in [2.75, 3.05) is 0 Å². The number of rotatable bonds is 7. The number of hydrogen-bond donors (Lipinski definition) is 0. The number of ether oxygens (including phenoxy) is 2. The number of para-hydroxylation sites is 1. The van der Waals surface area contributed by atoms with E-state index >= 15 is 0 Å². The van der Waals surface area contributed by atoms with Crippen LogP contribution in [0.25, 0.3) is 44.9 Å². The second-order valence-electron chi connectivity index (χ2n) is 9.25. The largest absolute Gasteiger partial charge is 1.00 e. The van der Waals surface area contributed by atoms with E-state index in [1.165, 1.54) is 6.20 Å². The fraction of sp³-hybridized carbons (Fsp3) is 0. The molecule has 5 aromatic heterocycles. The van der Waals surface area contributed by atoms with Crippen molar-refractivity contribution >= 4 is 23.8 Å². The van der Waals surface area contributed by atoms with Gasteiger partial charge in [-0.1, -0.05) is 36.4 Å². The van der Waals surface area contributed by atoms with E-state index in [0.717, 1.165) is 28.0 Å². The Morgan fingerprint density at radius 2 is 1.13 bits per heavy atom. The first kappa shape index (κ1) is 33.9. The molecule has 0 unspecified atom stereocenters. The molecular weight excluding hydrogens is 680 g/mol. The molecule has 0 saturated heterocycles.